The first kappa shape index (κ1) is 11.2. The zero-order valence-corrected chi connectivity index (χ0v) is 8.13. The fraction of sp³-hybridized carbons (Fsp3) is 0.875. The summed E-state index contributed by atoms with van der Waals surface area (Å²) in [6, 6.07) is 0.320. The number of nitrogens with two attached hydrogens (primary N) is 1. The van der Waals surface area contributed by atoms with Crippen LogP contribution in [0.4, 0.5) is 0 Å². The Morgan fingerprint density at radius 3 is 2.83 bits per heavy atom. The molecular formula is C8H19N3O. The molecule has 0 heterocycles. The summed E-state index contributed by atoms with van der Waals surface area (Å²) in [5.74, 6) is 0.515. The number of hydrogen-bond acceptors (Lipinski definition) is 2. The van der Waals surface area contributed by atoms with Gasteiger partial charge in [0.2, 0.25) is 0 Å². The van der Waals surface area contributed by atoms with Crippen LogP contribution in [-0.2, 0) is 4.74 Å². The highest BCUT2D eigenvalue weighted by atomic mass is 16.5. The first-order valence-electron chi connectivity index (χ1n) is 4.26. The summed E-state index contributed by atoms with van der Waals surface area (Å²) in [5.41, 5.74) is 5.55. The lowest BCUT2D eigenvalue weighted by molar-refractivity contribution is 0.187. The maximum Gasteiger partial charge on any atom is 0.188 e. The quantitative estimate of drug-likeness (QED) is 0.465. The lowest BCUT2D eigenvalue weighted by Crippen LogP contribution is -2.39. The Morgan fingerprint density at radius 1 is 1.67 bits per heavy atom. The molecule has 0 fully saturated rings. The minimum absolute atomic E-state index is 0.320. The van der Waals surface area contributed by atoms with Gasteiger partial charge in [0.05, 0.1) is 0 Å². The molecule has 3 N–H and O–H groups in total. The number of ether oxygens (including phenoxy) is 1. The summed E-state index contributed by atoms with van der Waals surface area (Å²) in [6.45, 7) is 5.47. The molecule has 0 amide bonds. The first-order chi connectivity index (χ1) is 5.70. The zero-order valence-electron chi connectivity index (χ0n) is 8.13. The summed E-state index contributed by atoms with van der Waals surface area (Å²) < 4.78 is 4.93. The van der Waals surface area contributed by atoms with Gasteiger partial charge in [0.15, 0.2) is 5.96 Å². The van der Waals surface area contributed by atoms with E-state index < -0.39 is 0 Å². The minimum atomic E-state index is 0.320. The van der Waals surface area contributed by atoms with Crippen molar-refractivity contribution in [2.75, 3.05) is 20.3 Å². The van der Waals surface area contributed by atoms with E-state index >= 15 is 0 Å². The van der Waals surface area contributed by atoms with Gasteiger partial charge in [-0.3, -0.25) is 4.99 Å². The fourth-order valence-electron chi connectivity index (χ4n) is 0.835. The summed E-state index contributed by atoms with van der Waals surface area (Å²) in [4.78, 5) is 4.02. The van der Waals surface area contributed by atoms with Crippen LogP contribution < -0.4 is 11.1 Å². The lowest BCUT2D eigenvalue weighted by atomic mass is 10.2. The van der Waals surface area contributed by atoms with Crippen LogP contribution in [0.15, 0.2) is 4.99 Å². The Labute approximate surface area is 74.2 Å². The smallest absolute Gasteiger partial charge is 0.188 e. The molecular weight excluding hydrogens is 154 g/mol. The Morgan fingerprint density at radius 2 is 2.33 bits per heavy atom. The second-order valence-corrected chi connectivity index (χ2v) is 2.69. The van der Waals surface area contributed by atoms with Gasteiger partial charge in [-0.25, -0.2) is 0 Å². The van der Waals surface area contributed by atoms with Crippen LogP contribution in [0.1, 0.15) is 20.3 Å². The summed E-state index contributed by atoms with van der Waals surface area (Å²) in [5, 5.41) is 3.06. The molecule has 1 atom stereocenters. The van der Waals surface area contributed by atoms with Crippen LogP contribution in [0.25, 0.3) is 0 Å². The number of methoxy groups -OCH3 is 1. The third-order valence-corrected chi connectivity index (χ3v) is 1.48. The van der Waals surface area contributed by atoms with Gasteiger partial charge in [-0.1, -0.05) is 0 Å². The van der Waals surface area contributed by atoms with Crippen molar-refractivity contribution in [3.8, 4) is 0 Å². The zero-order chi connectivity index (χ0) is 9.40. The Kier molecular flexibility index (Phi) is 6.47. The van der Waals surface area contributed by atoms with Crippen LogP contribution >= 0.6 is 0 Å². The maximum atomic E-state index is 5.55. The van der Waals surface area contributed by atoms with Crippen LogP contribution in [0.3, 0.4) is 0 Å². The second-order valence-electron chi connectivity index (χ2n) is 2.69. The number of aliphatic imine (C=N–C) groups is 1. The van der Waals surface area contributed by atoms with E-state index in [1.54, 1.807) is 7.11 Å². The van der Waals surface area contributed by atoms with Crippen molar-refractivity contribution in [3.05, 3.63) is 0 Å². The number of guanidine groups is 1. The number of rotatable bonds is 5. The Bertz CT molecular complexity index is 136. The maximum absolute atomic E-state index is 5.55. The van der Waals surface area contributed by atoms with Gasteiger partial charge < -0.3 is 15.8 Å². The van der Waals surface area contributed by atoms with Gasteiger partial charge in [0.25, 0.3) is 0 Å². The molecule has 0 radical (unpaired) electrons. The molecule has 0 aromatic carbocycles. The normalized spacial score (nSPS) is 14.4. The van der Waals surface area contributed by atoms with Crippen LogP contribution in [0.5, 0.6) is 0 Å². The third kappa shape index (κ3) is 5.97. The molecule has 4 heteroatoms. The minimum Gasteiger partial charge on any atom is -0.385 e. The topological polar surface area (TPSA) is 59.6 Å². The van der Waals surface area contributed by atoms with Gasteiger partial charge in [0.1, 0.15) is 0 Å². The highest BCUT2D eigenvalue weighted by Gasteiger charge is 2.00. The van der Waals surface area contributed by atoms with E-state index in [2.05, 4.69) is 17.2 Å². The molecule has 1 unspecified atom stereocenters. The largest absolute Gasteiger partial charge is 0.385 e. The molecule has 0 aliphatic rings. The van der Waals surface area contributed by atoms with Crippen molar-refractivity contribution >= 4 is 5.96 Å². The average Bonchev–Trinajstić information content (AvgIpc) is 2.01. The molecule has 0 rings (SSSR count). The monoisotopic (exact) mass is 173 g/mol. The van der Waals surface area contributed by atoms with Gasteiger partial charge in [-0.15, -0.1) is 0 Å². The van der Waals surface area contributed by atoms with Crippen molar-refractivity contribution in [2.45, 2.75) is 26.3 Å². The van der Waals surface area contributed by atoms with Crippen LogP contribution in [0.2, 0.25) is 0 Å². The number of hydrogen-bond donors (Lipinski definition) is 2. The molecule has 0 aromatic heterocycles. The highest BCUT2D eigenvalue weighted by Crippen LogP contribution is 1.89. The van der Waals surface area contributed by atoms with E-state index in [1.165, 1.54) is 0 Å². The first-order valence-corrected chi connectivity index (χ1v) is 4.26. The van der Waals surface area contributed by atoms with Gasteiger partial charge in [-0.2, -0.15) is 0 Å². The van der Waals surface area contributed by atoms with Crippen LogP contribution in [0, 0.1) is 0 Å². The van der Waals surface area contributed by atoms with Crippen molar-refractivity contribution in [1.82, 2.24) is 5.32 Å². The molecule has 4 nitrogen and oxygen atoms in total. The van der Waals surface area contributed by atoms with E-state index in [0.717, 1.165) is 19.6 Å². The molecule has 0 aliphatic heterocycles. The van der Waals surface area contributed by atoms with E-state index in [1.807, 2.05) is 6.92 Å². The molecule has 0 aromatic rings. The Balaban J connectivity index is 3.53. The predicted octanol–water partition coefficient (Wildman–Crippen LogP) is 0.336. The second kappa shape index (κ2) is 6.91. The van der Waals surface area contributed by atoms with E-state index in [9.17, 15) is 0 Å². The standard InChI is InChI=1S/C8H19N3O/c1-4-10-8(9)11-7(2)5-6-12-3/h7H,4-6H2,1-3H3,(H3,9,10,11). The predicted molar refractivity (Wildman–Crippen MR) is 51.3 cm³/mol. The van der Waals surface area contributed by atoms with Gasteiger partial charge in [-0.05, 0) is 20.3 Å². The summed E-state index contributed by atoms with van der Waals surface area (Å²) in [7, 11) is 1.69. The molecule has 0 saturated carbocycles. The average molecular weight is 173 g/mol. The number of nitrogens with one attached hydrogen (secondary N) is 1. The van der Waals surface area contributed by atoms with Crippen molar-refractivity contribution in [2.24, 2.45) is 10.7 Å². The van der Waals surface area contributed by atoms with Crippen molar-refractivity contribution in [1.29, 1.82) is 0 Å². The molecule has 72 valence electrons. The van der Waals surface area contributed by atoms with E-state index in [0.29, 0.717) is 12.0 Å². The molecule has 0 bridgehead atoms. The molecule has 0 spiro atoms. The fourth-order valence-corrected chi connectivity index (χ4v) is 0.835. The SMILES string of the molecule is CCN=C(N)NC(C)CCOC. The molecule has 0 aliphatic carbocycles. The summed E-state index contributed by atoms with van der Waals surface area (Å²) >= 11 is 0. The van der Waals surface area contributed by atoms with Crippen LogP contribution in [-0.4, -0.2) is 32.3 Å². The summed E-state index contributed by atoms with van der Waals surface area (Å²) in [6.07, 6.45) is 0.941. The van der Waals surface area contributed by atoms with Crippen molar-refractivity contribution < 1.29 is 4.74 Å². The van der Waals surface area contributed by atoms with Crippen molar-refractivity contribution in [3.63, 3.8) is 0 Å². The Hall–Kier alpha value is -0.770. The van der Waals surface area contributed by atoms with Gasteiger partial charge >= 0.3 is 0 Å². The molecule has 0 saturated heterocycles. The highest BCUT2D eigenvalue weighted by molar-refractivity contribution is 5.78. The van der Waals surface area contributed by atoms with Gasteiger partial charge in [0, 0.05) is 26.3 Å². The molecule has 12 heavy (non-hydrogen) atoms. The van der Waals surface area contributed by atoms with E-state index in [-0.39, 0.29) is 0 Å². The lowest BCUT2D eigenvalue weighted by Gasteiger charge is -2.13. The third-order valence-electron chi connectivity index (χ3n) is 1.48. The number of nitrogens with zero attached hydrogens (tertiary/aromatic N) is 1. The van der Waals surface area contributed by atoms with E-state index in [4.69, 9.17) is 10.5 Å².